The van der Waals surface area contributed by atoms with Crippen molar-refractivity contribution in [3.63, 3.8) is 0 Å². The SMILES string of the molecule is Cc1cc(=O)c(C(=O)N2CCc3sccc3C2c2cccs2)nn1-c1ccccc1Cl. The molecule has 1 unspecified atom stereocenters. The van der Waals surface area contributed by atoms with Crippen LogP contribution in [0.1, 0.15) is 37.5 Å². The minimum Gasteiger partial charge on any atom is -0.325 e. The van der Waals surface area contributed by atoms with Crippen molar-refractivity contribution in [1.82, 2.24) is 14.7 Å². The molecule has 0 aliphatic carbocycles. The highest BCUT2D eigenvalue weighted by Gasteiger charge is 2.35. The second-order valence-electron chi connectivity index (χ2n) is 7.33. The molecule has 0 saturated carbocycles. The van der Waals surface area contributed by atoms with E-state index in [1.807, 2.05) is 35.7 Å². The zero-order valence-corrected chi connectivity index (χ0v) is 19.0. The zero-order valence-electron chi connectivity index (χ0n) is 16.6. The van der Waals surface area contributed by atoms with Gasteiger partial charge < -0.3 is 4.90 Å². The standard InChI is InChI=1S/C23H18ClN3O2S2/c1-14-13-18(28)21(25-27(14)17-6-3-2-5-16(17)24)23(29)26-10-8-19-15(9-12-31-19)22(26)20-7-4-11-30-20/h2-7,9,11-13,22H,8,10H2,1H3. The number of amides is 1. The summed E-state index contributed by atoms with van der Waals surface area (Å²) in [6, 6.07) is 14.6. The first kappa shape index (κ1) is 20.2. The van der Waals surface area contributed by atoms with Crippen LogP contribution in [0.4, 0.5) is 0 Å². The summed E-state index contributed by atoms with van der Waals surface area (Å²) >= 11 is 9.68. The summed E-state index contributed by atoms with van der Waals surface area (Å²) in [7, 11) is 0. The summed E-state index contributed by atoms with van der Waals surface area (Å²) in [6.45, 7) is 2.31. The molecule has 5 rings (SSSR count). The average molecular weight is 468 g/mol. The van der Waals surface area contributed by atoms with Gasteiger partial charge in [0.1, 0.15) is 0 Å². The molecular formula is C23H18ClN3O2S2. The molecule has 0 spiro atoms. The molecule has 3 aromatic heterocycles. The van der Waals surface area contributed by atoms with E-state index in [0.29, 0.717) is 22.9 Å². The van der Waals surface area contributed by atoms with Gasteiger partial charge in [-0.3, -0.25) is 9.59 Å². The first-order valence-electron chi connectivity index (χ1n) is 9.81. The highest BCUT2D eigenvalue weighted by Crippen LogP contribution is 2.39. The fraction of sp³-hybridized carbons (Fsp3) is 0.174. The van der Waals surface area contributed by atoms with Gasteiger partial charge in [-0.1, -0.05) is 29.8 Å². The lowest BCUT2D eigenvalue weighted by Crippen LogP contribution is -2.42. The zero-order chi connectivity index (χ0) is 21.5. The monoisotopic (exact) mass is 467 g/mol. The predicted octanol–water partition coefficient (Wildman–Crippen LogP) is 5.11. The third-order valence-corrected chi connectivity index (χ3v) is 7.67. The summed E-state index contributed by atoms with van der Waals surface area (Å²) in [5.74, 6) is -0.360. The Labute approximate surface area is 192 Å². The fourth-order valence-electron chi connectivity index (χ4n) is 3.99. The Morgan fingerprint density at radius 1 is 1.13 bits per heavy atom. The number of rotatable bonds is 3. The molecule has 0 saturated heterocycles. The van der Waals surface area contributed by atoms with E-state index in [1.54, 1.807) is 45.2 Å². The highest BCUT2D eigenvalue weighted by atomic mass is 35.5. The van der Waals surface area contributed by atoms with Crippen molar-refractivity contribution in [3.8, 4) is 5.69 Å². The van der Waals surface area contributed by atoms with E-state index >= 15 is 0 Å². The van der Waals surface area contributed by atoms with Crippen LogP contribution in [0.25, 0.3) is 5.69 Å². The molecular weight excluding hydrogens is 450 g/mol. The number of nitrogens with zero attached hydrogens (tertiary/aromatic N) is 3. The molecule has 0 radical (unpaired) electrons. The number of halogens is 1. The van der Waals surface area contributed by atoms with Crippen LogP contribution in [0.3, 0.4) is 0 Å². The molecule has 0 bridgehead atoms. The molecule has 31 heavy (non-hydrogen) atoms. The van der Waals surface area contributed by atoms with Gasteiger partial charge >= 0.3 is 0 Å². The second-order valence-corrected chi connectivity index (χ2v) is 9.71. The lowest BCUT2D eigenvalue weighted by atomic mass is 9.98. The van der Waals surface area contributed by atoms with E-state index in [0.717, 1.165) is 16.9 Å². The first-order valence-corrected chi connectivity index (χ1v) is 11.9. The summed E-state index contributed by atoms with van der Waals surface area (Å²) < 4.78 is 1.57. The highest BCUT2D eigenvalue weighted by molar-refractivity contribution is 7.10. The number of carbonyl (C=O) groups excluding carboxylic acids is 1. The number of aryl methyl sites for hydroxylation is 1. The van der Waals surface area contributed by atoms with Gasteiger partial charge in [0.05, 0.1) is 16.8 Å². The van der Waals surface area contributed by atoms with Gasteiger partial charge in [0, 0.05) is 28.1 Å². The van der Waals surface area contributed by atoms with Gasteiger partial charge in [-0.2, -0.15) is 5.10 Å². The van der Waals surface area contributed by atoms with Crippen LogP contribution in [0.5, 0.6) is 0 Å². The predicted molar refractivity (Wildman–Crippen MR) is 125 cm³/mol. The molecule has 1 aliphatic heterocycles. The van der Waals surface area contributed by atoms with Gasteiger partial charge in [-0.25, -0.2) is 4.68 Å². The van der Waals surface area contributed by atoms with Crippen LogP contribution >= 0.6 is 34.3 Å². The van der Waals surface area contributed by atoms with Gasteiger partial charge in [-0.05, 0) is 53.9 Å². The van der Waals surface area contributed by atoms with Crippen molar-refractivity contribution in [2.24, 2.45) is 0 Å². The van der Waals surface area contributed by atoms with Gasteiger partial charge in [0.25, 0.3) is 5.91 Å². The summed E-state index contributed by atoms with van der Waals surface area (Å²) in [4.78, 5) is 30.6. The second kappa shape index (κ2) is 8.07. The van der Waals surface area contributed by atoms with Gasteiger partial charge in [-0.15, -0.1) is 22.7 Å². The lowest BCUT2D eigenvalue weighted by Gasteiger charge is -2.35. The molecule has 1 aliphatic rings. The number of benzene rings is 1. The van der Waals surface area contributed by atoms with Crippen molar-refractivity contribution in [3.05, 3.63) is 101 Å². The van der Waals surface area contributed by atoms with E-state index in [-0.39, 0.29) is 23.1 Å². The number of aromatic nitrogens is 2. The molecule has 1 atom stereocenters. The maximum absolute atomic E-state index is 13.7. The first-order chi connectivity index (χ1) is 15.0. The van der Waals surface area contributed by atoms with Gasteiger partial charge in [0.2, 0.25) is 5.43 Å². The maximum Gasteiger partial charge on any atom is 0.279 e. The smallest absolute Gasteiger partial charge is 0.279 e. The van der Waals surface area contributed by atoms with Crippen molar-refractivity contribution in [2.45, 2.75) is 19.4 Å². The van der Waals surface area contributed by atoms with Crippen LogP contribution in [0.2, 0.25) is 5.02 Å². The summed E-state index contributed by atoms with van der Waals surface area (Å²) in [5.41, 5.74) is 1.90. The van der Waals surface area contributed by atoms with Crippen molar-refractivity contribution in [2.75, 3.05) is 6.54 Å². The maximum atomic E-state index is 13.7. The van der Waals surface area contributed by atoms with E-state index in [4.69, 9.17) is 11.6 Å². The fourth-order valence-corrected chi connectivity index (χ4v) is 5.96. The van der Waals surface area contributed by atoms with Crippen LogP contribution in [0.15, 0.2) is 64.1 Å². The van der Waals surface area contributed by atoms with Crippen molar-refractivity contribution >= 4 is 40.2 Å². The Hall–Kier alpha value is -2.74. The van der Waals surface area contributed by atoms with Crippen LogP contribution in [-0.4, -0.2) is 27.1 Å². The number of fused-ring (bicyclic) bond motifs is 1. The molecule has 156 valence electrons. The Kier molecular flexibility index (Phi) is 5.25. The largest absolute Gasteiger partial charge is 0.325 e. The molecule has 1 amide bonds. The molecule has 8 heteroatoms. The van der Waals surface area contributed by atoms with Crippen molar-refractivity contribution in [1.29, 1.82) is 0 Å². The molecule has 5 nitrogen and oxygen atoms in total. The van der Waals surface area contributed by atoms with E-state index in [2.05, 4.69) is 16.5 Å². The average Bonchev–Trinajstić information content (AvgIpc) is 3.45. The quantitative estimate of drug-likeness (QED) is 0.421. The Bertz CT molecular complexity index is 1330. The lowest BCUT2D eigenvalue weighted by molar-refractivity contribution is 0.0689. The van der Waals surface area contributed by atoms with Gasteiger partial charge in [0.15, 0.2) is 5.69 Å². The Morgan fingerprint density at radius 2 is 1.97 bits per heavy atom. The molecule has 1 aromatic carbocycles. The Morgan fingerprint density at radius 3 is 2.74 bits per heavy atom. The topological polar surface area (TPSA) is 55.2 Å². The Balaban J connectivity index is 1.61. The minimum atomic E-state index is -0.383. The molecule has 0 fully saturated rings. The van der Waals surface area contributed by atoms with E-state index in [9.17, 15) is 9.59 Å². The number of thiophene rings is 2. The number of hydrogen-bond acceptors (Lipinski definition) is 5. The number of para-hydroxylation sites is 1. The number of carbonyl (C=O) groups is 1. The summed E-state index contributed by atoms with van der Waals surface area (Å²) in [5, 5.41) is 9.04. The van der Waals surface area contributed by atoms with Crippen molar-refractivity contribution < 1.29 is 4.79 Å². The van der Waals surface area contributed by atoms with Crippen LogP contribution in [-0.2, 0) is 6.42 Å². The third kappa shape index (κ3) is 3.52. The van der Waals surface area contributed by atoms with Crippen LogP contribution in [0, 0.1) is 6.92 Å². The third-order valence-electron chi connectivity index (χ3n) is 5.43. The number of hydrogen-bond donors (Lipinski definition) is 0. The van der Waals surface area contributed by atoms with E-state index in [1.165, 1.54) is 10.9 Å². The minimum absolute atomic E-state index is 0.0919. The molecule has 4 heterocycles. The van der Waals surface area contributed by atoms with Crippen LogP contribution < -0.4 is 5.43 Å². The summed E-state index contributed by atoms with van der Waals surface area (Å²) in [6.07, 6.45) is 0.769. The molecule has 4 aromatic rings. The molecule has 0 N–H and O–H groups in total. The van der Waals surface area contributed by atoms with E-state index < -0.39 is 0 Å². The normalized spacial score (nSPS) is 15.7.